The molecule has 3 N–H and O–H groups in total. The van der Waals surface area contributed by atoms with E-state index < -0.39 is 0 Å². The zero-order valence-corrected chi connectivity index (χ0v) is 14.5. The van der Waals surface area contributed by atoms with Crippen molar-refractivity contribution in [2.75, 3.05) is 5.32 Å². The summed E-state index contributed by atoms with van der Waals surface area (Å²) in [5, 5.41) is 15.1. The van der Waals surface area contributed by atoms with Crippen molar-refractivity contribution in [2.45, 2.75) is 0 Å². The maximum absolute atomic E-state index is 12.3. The van der Waals surface area contributed by atoms with Crippen molar-refractivity contribution < 1.29 is 4.79 Å². The van der Waals surface area contributed by atoms with Gasteiger partial charge in [-0.3, -0.25) is 10.1 Å². The number of rotatable bonds is 4. The van der Waals surface area contributed by atoms with E-state index in [0.717, 1.165) is 0 Å². The molecule has 0 unspecified atom stereocenters. The Morgan fingerprint density at radius 2 is 2.00 bits per heavy atom. The van der Waals surface area contributed by atoms with Gasteiger partial charge in [0.15, 0.2) is 5.82 Å². The van der Waals surface area contributed by atoms with Crippen LogP contribution in [0.3, 0.4) is 0 Å². The standard InChI is InChI=1S/C15H10Cl2N8O/c16-9-2-1-3-10(17)12(9)25-13(22-23-24-25)8-6-11(20-7-8)14(26)21-15-18-4-5-19-15/h1-7,20H,(H2,18,19,21,26). The number of imidazole rings is 1. The fraction of sp³-hybridized carbons (Fsp3) is 0. The molecular weight excluding hydrogens is 379 g/mol. The molecular formula is C15H10Cl2N8O. The summed E-state index contributed by atoms with van der Waals surface area (Å²) in [4.78, 5) is 21.9. The number of aromatic amines is 2. The molecule has 0 aliphatic carbocycles. The number of nitrogens with one attached hydrogen (secondary N) is 3. The fourth-order valence-electron chi connectivity index (χ4n) is 2.37. The van der Waals surface area contributed by atoms with Gasteiger partial charge in [-0.05, 0) is 28.6 Å². The van der Waals surface area contributed by atoms with Gasteiger partial charge in [0.2, 0.25) is 5.95 Å². The Hall–Kier alpha value is -3.17. The third kappa shape index (κ3) is 2.93. The van der Waals surface area contributed by atoms with E-state index in [9.17, 15) is 4.79 Å². The molecule has 130 valence electrons. The minimum Gasteiger partial charge on any atom is -0.356 e. The SMILES string of the molecule is O=C(Nc1ncc[nH]1)c1cc(-c2nnnn2-c2c(Cl)cccc2Cl)c[nH]1. The van der Waals surface area contributed by atoms with Crippen LogP contribution in [0.1, 0.15) is 10.5 Å². The van der Waals surface area contributed by atoms with Crippen LogP contribution < -0.4 is 5.32 Å². The Balaban J connectivity index is 1.67. The highest BCUT2D eigenvalue weighted by molar-refractivity contribution is 6.37. The number of tetrazole rings is 1. The summed E-state index contributed by atoms with van der Waals surface area (Å²) in [6, 6.07) is 6.72. The highest BCUT2D eigenvalue weighted by Gasteiger charge is 2.19. The van der Waals surface area contributed by atoms with Crippen molar-refractivity contribution in [3.8, 4) is 17.1 Å². The van der Waals surface area contributed by atoms with Crippen LogP contribution in [0.15, 0.2) is 42.9 Å². The van der Waals surface area contributed by atoms with Gasteiger partial charge >= 0.3 is 0 Å². The van der Waals surface area contributed by atoms with Crippen molar-refractivity contribution in [3.05, 3.63) is 58.6 Å². The molecule has 0 bridgehead atoms. The zero-order valence-electron chi connectivity index (χ0n) is 12.9. The smallest absolute Gasteiger partial charge is 0.274 e. The third-order valence-corrected chi connectivity index (χ3v) is 4.14. The first-order chi connectivity index (χ1) is 12.6. The minimum atomic E-state index is -0.360. The number of halogens is 2. The van der Waals surface area contributed by atoms with Crippen LogP contribution >= 0.6 is 23.2 Å². The maximum Gasteiger partial charge on any atom is 0.274 e. The quantitative estimate of drug-likeness (QED) is 0.496. The minimum absolute atomic E-state index is 0.316. The van der Waals surface area contributed by atoms with Crippen LogP contribution in [0.4, 0.5) is 5.95 Å². The molecule has 4 rings (SSSR count). The number of carbonyl (C=O) groups is 1. The van der Waals surface area contributed by atoms with Gasteiger partial charge in [0.25, 0.3) is 5.91 Å². The van der Waals surface area contributed by atoms with E-state index in [2.05, 4.69) is 35.8 Å². The number of hydrogen-bond donors (Lipinski definition) is 3. The van der Waals surface area contributed by atoms with Crippen LogP contribution in [0.5, 0.6) is 0 Å². The number of anilines is 1. The first-order valence-electron chi connectivity index (χ1n) is 7.36. The van der Waals surface area contributed by atoms with Crippen molar-refractivity contribution in [2.24, 2.45) is 0 Å². The summed E-state index contributed by atoms with van der Waals surface area (Å²) in [5.74, 6) is 0.369. The Labute approximate surface area is 156 Å². The van der Waals surface area contributed by atoms with Crippen LogP contribution in [0.25, 0.3) is 17.1 Å². The molecule has 3 aromatic heterocycles. The molecule has 9 nitrogen and oxygen atoms in total. The highest BCUT2D eigenvalue weighted by atomic mass is 35.5. The van der Waals surface area contributed by atoms with Crippen LogP contribution in [-0.2, 0) is 0 Å². The number of para-hydroxylation sites is 1. The van der Waals surface area contributed by atoms with Crippen LogP contribution in [0.2, 0.25) is 10.0 Å². The molecule has 0 atom stereocenters. The highest BCUT2D eigenvalue weighted by Crippen LogP contribution is 2.30. The molecule has 3 heterocycles. The number of amides is 1. The second-order valence-electron chi connectivity index (χ2n) is 5.18. The average molecular weight is 389 g/mol. The summed E-state index contributed by atoms with van der Waals surface area (Å²) in [5.41, 5.74) is 1.37. The van der Waals surface area contributed by atoms with E-state index in [1.807, 2.05) is 0 Å². The number of carbonyl (C=O) groups excluding carboxylic acids is 1. The first kappa shape index (κ1) is 16.3. The van der Waals surface area contributed by atoms with Gasteiger partial charge < -0.3 is 9.97 Å². The van der Waals surface area contributed by atoms with E-state index in [1.54, 1.807) is 36.7 Å². The fourth-order valence-corrected chi connectivity index (χ4v) is 2.93. The van der Waals surface area contributed by atoms with Gasteiger partial charge in [-0.2, -0.15) is 4.68 Å². The summed E-state index contributed by atoms with van der Waals surface area (Å²) >= 11 is 12.5. The molecule has 0 radical (unpaired) electrons. The van der Waals surface area contributed by atoms with Gasteiger partial charge in [-0.25, -0.2) is 4.98 Å². The molecule has 0 spiro atoms. The predicted molar refractivity (Wildman–Crippen MR) is 95.5 cm³/mol. The lowest BCUT2D eigenvalue weighted by Crippen LogP contribution is -2.13. The lowest BCUT2D eigenvalue weighted by Gasteiger charge is -2.07. The van der Waals surface area contributed by atoms with Gasteiger partial charge in [0, 0.05) is 24.2 Å². The van der Waals surface area contributed by atoms with E-state index in [-0.39, 0.29) is 5.91 Å². The summed E-state index contributed by atoms with van der Waals surface area (Å²) < 4.78 is 1.42. The molecule has 0 aliphatic heterocycles. The number of nitrogens with zero attached hydrogens (tertiary/aromatic N) is 5. The first-order valence-corrected chi connectivity index (χ1v) is 8.11. The molecule has 1 amide bonds. The molecule has 0 saturated carbocycles. The monoisotopic (exact) mass is 388 g/mol. The second-order valence-corrected chi connectivity index (χ2v) is 5.99. The molecule has 1 aromatic carbocycles. The van der Waals surface area contributed by atoms with Crippen molar-refractivity contribution in [3.63, 3.8) is 0 Å². The van der Waals surface area contributed by atoms with E-state index >= 15 is 0 Å². The average Bonchev–Trinajstić information content (AvgIpc) is 3.36. The van der Waals surface area contributed by atoms with E-state index in [0.29, 0.717) is 38.8 Å². The van der Waals surface area contributed by atoms with Crippen molar-refractivity contribution >= 4 is 35.1 Å². The number of hydrogen-bond acceptors (Lipinski definition) is 5. The molecule has 0 saturated heterocycles. The molecule has 0 fully saturated rings. The van der Waals surface area contributed by atoms with Crippen molar-refractivity contribution in [1.82, 2.24) is 35.2 Å². The largest absolute Gasteiger partial charge is 0.356 e. The maximum atomic E-state index is 12.3. The second kappa shape index (κ2) is 6.62. The summed E-state index contributed by atoms with van der Waals surface area (Å²) in [6.07, 6.45) is 4.76. The normalized spacial score (nSPS) is 10.8. The van der Waals surface area contributed by atoms with Gasteiger partial charge in [0.1, 0.15) is 11.4 Å². The topological polar surface area (TPSA) is 117 Å². The molecule has 26 heavy (non-hydrogen) atoms. The molecule has 4 aromatic rings. The number of H-pyrrole nitrogens is 2. The lowest BCUT2D eigenvalue weighted by atomic mass is 10.2. The number of aromatic nitrogens is 7. The summed E-state index contributed by atoms with van der Waals surface area (Å²) in [7, 11) is 0. The lowest BCUT2D eigenvalue weighted by molar-refractivity contribution is 0.102. The van der Waals surface area contributed by atoms with Crippen molar-refractivity contribution in [1.29, 1.82) is 0 Å². The van der Waals surface area contributed by atoms with Gasteiger partial charge in [-0.1, -0.05) is 29.3 Å². The van der Waals surface area contributed by atoms with E-state index in [4.69, 9.17) is 23.2 Å². The van der Waals surface area contributed by atoms with Crippen LogP contribution in [-0.4, -0.2) is 41.1 Å². The molecule has 0 aliphatic rings. The predicted octanol–water partition coefficient (Wildman–Crippen LogP) is 2.94. The van der Waals surface area contributed by atoms with Gasteiger partial charge in [-0.15, -0.1) is 5.10 Å². The van der Waals surface area contributed by atoms with Crippen LogP contribution in [0, 0.1) is 0 Å². The van der Waals surface area contributed by atoms with Gasteiger partial charge in [0.05, 0.1) is 10.0 Å². The Morgan fingerprint density at radius 3 is 2.73 bits per heavy atom. The summed E-state index contributed by atoms with van der Waals surface area (Å²) in [6.45, 7) is 0. The van der Waals surface area contributed by atoms with E-state index in [1.165, 1.54) is 10.9 Å². The Morgan fingerprint density at radius 1 is 1.19 bits per heavy atom. The molecule has 11 heteroatoms. The zero-order chi connectivity index (χ0) is 18.1. The number of benzene rings is 1. The Bertz CT molecular complexity index is 1050. The third-order valence-electron chi connectivity index (χ3n) is 3.53. The Kier molecular flexibility index (Phi) is 4.15.